The van der Waals surface area contributed by atoms with Crippen molar-refractivity contribution >= 4 is 16.6 Å². The van der Waals surface area contributed by atoms with Crippen LogP contribution in [0.1, 0.15) is 10.4 Å². The summed E-state index contributed by atoms with van der Waals surface area (Å²) in [6.07, 6.45) is 0. The molecule has 1 heterocycles. The molecule has 3 rings (SSSR count). The minimum Gasteiger partial charge on any atom is -0.497 e. The first-order valence-corrected chi connectivity index (χ1v) is 6.10. The van der Waals surface area contributed by atoms with Gasteiger partial charge in [0.1, 0.15) is 5.75 Å². The van der Waals surface area contributed by atoms with Gasteiger partial charge in [-0.15, -0.1) is 0 Å². The van der Waals surface area contributed by atoms with Crippen LogP contribution in [0.15, 0.2) is 36.4 Å². The first kappa shape index (κ1) is 11.2. The molecule has 0 amide bonds. The lowest BCUT2D eigenvalue weighted by Gasteiger charge is -2.25. The minimum atomic E-state index is 0.153. The van der Waals surface area contributed by atoms with Gasteiger partial charge in [0.25, 0.3) is 0 Å². The molecule has 0 bridgehead atoms. The number of rotatable bonds is 3. The van der Waals surface area contributed by atoms with Gasteiger partial charge in [0.15, 0.2) is 5.78 Å². The fourth-order valence-electron chi connectivity index (χ4n) is 2.21. The van der Waals surface area contributed by atoms with E-state index in [2.05, 4.69) is 5.32 Å². The fourth-order valence-corrected chi connectivity index (χ4v) is 2.21. The van der Waals surface area contributed by atoms with Gasteiger partial charge in [-0.3, -0.25) is 4.79 Å². The summed E-state index contributed by atoms with van der Waals surface area (Å²) in [5, 5.41) is 5.30. The minimum absolute atomic E-state index is 0.153. The Bertz CT molecular complexity index is 602. The molecule has 0 spiro atoms. The van der Waals surface area contributed by atoms with Crippen molar-refractivity contribution in [2.45, 2.75) is 0 Å². The van der Waals surface area contributed by atoms with E-state index in [1.54, 1.807) is 7.11 Å². The number of ketones is 1. The lowest BCUT2D eigenvalue weighted by molar-refractivity contribution is 0.0878. The number of ether oxygens (including phenoxy) is 1. The Balaban J connectivity index is 1.97. The van der Waals surface area contributed by atoms with Crippen molar-refractivity contribution in [3.8, 4) is 5.75 Å². The lowest BCUT2D eigenvalue weighted by atomic mass is 9.92. The zero-order valence-corrected chi connectivity index (χ0v) is 10.3. The quantitative estimate of drug-likeness (QED) is 0.838. The molecule has 1 saturated heterocycles. The second-order valence-electron chi connectivity index (χ2n) is 4.65. The third kappa shape index (κ3) is 1.87. The summed E-state index contributed by atoms with van der Waals surface area (Å²) >= 11 is 0. The van der Waals surface area contributed by atoms with Gasteiger partial charge >= 0.3 is 0 Å². The zero-order valence-electron chi connectivity index (χ0n) is 10.3. The monoisotopic (exact) mass is 241 g/mol. The van der Waals surface area contributed by atoms with Crippen LogP contribution < -0.4 is 10.1 Å². The second kappa shape index (κ2) is 4.42. The number of hydrogen-bond donors (Lipinski definition) is 1. The number of methoxy groups -OCH3 is 1. The third-order valence-corrected chi connectivity index (χ3v) is 3.48. The first-order valence-electron chi connectivity index (χ1n) is 6.10. The van der Waals surface area contributed by atoms with Gasteiger partial charge in [-0.2, -0.15) is 0 Å². The highest BCUT2D eigenvalue weighted by Crippen LogP contribution is 2.23. The summed E-state index contributed by atoms with van der Waals surface area (Å²) in [6.45, 7) is 1.61. The van der Waals surface area contributed by atoms with Gasteiger partial charge in [-0.1, -0.05) is 18.2 Å². The highest BCUT2D eigenvalue weighted by molar-refractivity contribution is 6.02. The van der Waals surface area contributed by atoms with Crippen LogP contribution in [0.4, 0.5) is 0 Å². The summed E-state index contributed by atoms with van der Waals surface area (Å²) in [5.41, 5.74) is 0.805. The van der Waals surface area contributed by atoms with E-state index in [0.29, 0.717) is 0 Å². The Morgan fingerprint density at radius 1 is 1.17 bits per heavy atom. The molecule has 3 heteroatoms. The van der Waals surface area contributed by atoms with E-state index in [0.717, 1.165) is 35.2 Å². The maximum absolute atomic E-state index is 12.1. The summed E-state index contributed by atoms with van der Waals surface area (Å²) < 4.78 is 5.19. The molecule has 1 N–H and O–H groups in total. The number of fused-ring (bicyclic) bond motifs is 1. The van der Waals surface area contributed by atoms with Crippen molar-refractivity contribution in [3.05, 3.63) is 42.0 Å². The fraction of sp³-hybridized carbons (Fsp3) is 0.267. The molecule has 18 heavy (non-hydrogen) atoms. The van der Waals surface area contributed by atoms with E-state index in [-0.39, 0.29) is 11.7 Å². The van der Waals surface area contributed by atoms with Crippen LogP contribution in [-0.4, -0.2) is 26.0 Å². The molecule has 0 aliphatic carbocycles. The molecule has 1 aliphatic rings. The predicted octanol–water partition coefficient (Wildman–Crippen LogP) is 2.25. The zero-order chi connectivity index (χ0) is 12.5. The standard InChI is InChI=1S/C15H15NO2/c1-18-14-5-4-10-6-12(3-2-11(10)7-14)15(17)13-8-16-9-13/h2-7,13,16H,8-9H2,1H3. The first-order chi connectivity index (χ1) is 8.78. The van der Waals surface area contributed by atoms with Crippen molar-refractivity contribution in [2.24, 2.45) is 5.92 Å². The van der Waals surface area contributed by atoms with Crippen molar-refractivity contribution in [1.82, 2.24) is 5.32 Å². The third-order valence-electron chi connectivity index (χ3n) is 3.48. The highest BCUT2D eigenvalue weighted by atomic mass is 16.5. The summed E-state index contributed by atoms with van der Waals surface area (Å²) in [5.74, 6) is 1.23. The molecule has 2 aromatic carbocycles. The van der Waals surface area contributed by atoms with E-state index < -0.39 is 0 Å². The smallest absolute Gasteiger partial charge is 0.168 e. The molecule has 0 saturated carbocycles. The largest absolute Gasteiger partial charge is 0.497 e. The van der Waals surface area contributed by atoms with Crippen LogP contribution in [0.2, 0.25) is 0 Å². The Kier molecular flexibility index (Phi) is 2.76. The van der Waals surface area contributed by atoms with E-state index in [1.807, 2.05) is 36.4 Å². The van der Waals surface area contributed by atoms with Crippen LogP contribution in [0, 0.1) is 5.92 Å². The average Bonchev–Trinajstić information content (AvgIpc) is 2.35. The van der Waals surface area contributed by atoms with Crippen molar-refractivity contribution in [2.75, 3.05) is 20.2 Å². The van der Waals surface area contributed by atoms with E-state index >= 15 is 0 Å². The summed E-state index contributed by atoms with van der Waals surface area (Å²) in [6, 6.07) is 11.7. The van der Waals surface area contributed by atoms with Crippen molar-refractivity contribution in [3.63, 3.8) is 0 Å². The maximum atomic E-state index is 12.1. The molecule has 1 fully saturated rings. The van der Waals surface area contributed by atoms with Crippen LogP contribution in [0.3, 0.4) is 0 Å². The molecule has 2 aromatic rings. The van der Waals surface area contributed by atoms with Gasteiger partial charge in [-0.05, 0) is 29.0 Å². The Morgan fingerprint density at radius 2 is 1.89 bits per heavy atom. The number of carbonyl (C=O) groups excluding carboxylic acids is 1. The normalized spacial score (nSPS) is 15.4. The Hall–Kier alpha value is -1.87. The number of Topliss-reactive ketones (excluding diaryl/α,β-unsaturated/α-hetero) is 1. The van der Waals surface area contributed by atoms with Gasteiger partial charge in [-0.25, -0.2) is 0 Å². The van der Waals surface area contributed by atoms with Gasteiger partial charge in [0.2, 0.25) is 0 Å². The number of benzene rings is 2. The van der Waals surface area contributed by atoms with Crippen LogP contribution in [0.25, 0.3) is 10.8 Å². The molecular formula is C15H15NO2. The Labute approximate surface area is 106 Å². The molecular weight excluding hydrogens is 226 g/mol. The van der Waals surface area contributed by atoms with Crippen molar-refractivity contribution in [1.29, 1.82) is 0 Å². The molecule has 0 aromatic heterocycles. The molecule has 92 valence electrons. The topological polar surface area (TPSA) is 38.3 Å². The van der Waals surface area contributed by atoms with Gasteiger partial charge in [0, 0.05) is 24.6 Å². The predicted molar refractivity (Wildman–Crippen MR) is 71.2 cm³/mol. The average molecular weight is 241 g/mol. The molecule has 1 aliphatic heterocycles. The van der Waals surface area contributed by atoms with Gasteiger partial charge < -0.3 is 10.1 Å². The molecule has 0 atom stereocenters. The second-order valence-corrected chi connectivity index (χ2v) is 4.65. The van der Waals surface area contributed by atoms with E-state index in [4.69, 9.17) is 4.74 Å². The number of nitrogens with one attached hydrogen (secondary N) is 1. The van der Waals surface area contributed by atoms with E-state index in [1.165, 1.54) is 0 Å². The van der Waals surface area contributed by atoms with Crippen molar-refractivity contribution < 1.29 is 9.53 Å². The highest BCUT2D eigenvalue weighted by Gasteiger charge is 2.25. The van der Waals surface area contributed by atoms with Gasteiger partial charge in [0.05, 0.1) is 7.11 Å². The lowest BCUT2D eigenvalue weighted by Crippen LogP contribution is -2.46. The molecule has 0 radical (unpaired) electrons. The van der Waals surface area contributed by atoms with Crippen LogP contribution >= 0.6 is 0 Å². The number of hydrogen-bond acceptors (Lipinski definition) is 3. The van der Waals surface area contributed by atoms with Crippen LogP contribution in [0.5, 0.6) is 5.75 Å². The van der Waals surface area contributed by atoms with Crippen LogP contribution in [-0.2, 0) is 0 Å². The Morgan fingerprint density at radius 3 is 2.56 bits per heavy atom. The van der Waals surface area contributed by atoms with E-state index in [9.17, 15) is 4.79 Å². The molecule has 3 nitrogen and oxygen atoms in total. The summed E-state index contributed by atoms with van der Waals surface area (Å²) in [7, 11) is 1.66. The summed E-state index contributed by atoms with van der Waals surface area (Å²) in [4.78, 5) is 12.1. The molecule has 0 unspecified atom stereocenters. The SMILES string of the molecule is COc1ccc2cc(C(=O)C3CNC3)ccc2c1. The number of carbonyl (C=O) groups is 1. The maximum Gasteiger partial charge on any atom is 0.168 e.